The molecule has 1 saturated carbocycles. The Bertz CT molecular complexity index is 529. The number of benzene rings is 1. The molecule has 0 radical (unpaired) electrons. The largest absolute Gasteiger partial charge is 0.329 e. The number of halogens is 2. The van der Waals surface area contributed by atoms with E-state index in [-0.39, 0.29) is 17.3 Å². The van der Waals surface area contributed by atoms with Crippen LogP contribution in [0, 0.1) is 5.92 Å². The Balaban J connectivity index is 0.00000180. The lowest BCUT2D eigenvalue weighted by molar-refractivity contribution is 0.374. The number of sulfonamides is 1. The van der Waals surface area contributed by atoms with Gasteiger partial charge in [0.15, 0.2) is 0 Å². The highest BCUT2D eigenvalue weighted by Crippen LogP contribution is 2.39. The Hall–Kier alpha value is -0.330. The molecule has 0 spiro atoms. The highest BCUT2D eigenvalue weighted by atomic mass is 35.5. The molecular formula is C12H18Cl2N2O2S. The Labute approximate surface area is 125 Å². The molecule has 4 nitrogen and oxygen atoms in total. The van der Waals surface area contributed by atoms with Crippen molar-refractivity contribution in [2.24, 2.45) is 11.7 Å². The summed E-state index contributed by atoms with van der Waals surface area (Å²) in [6.45, 7) is 2.16. The summed E-state index contributed by atoms with van der Waals surface area (Å²) < 4.78 is 27.2. The van der Waals surface area contributed by atoms with Crippen molar-refractivity contribution < 1.29 is 8.42 Å². The van der Waals surface area contributed by atoms with E-state index in [0.29, 0.717) is 17.5 Å². The standard InChI is InChI=1S/C12H17ClN2O2S.ClH/c1-12(8-14,9-2-3-9)15-18(16,17)11-6-4-10(13)5-7-11;/h4-7,9,15H,2-3,8,14H2,1H3;1H. The summed E-state index contributed by atoms with van der Waals surface area (Å²) in [5.74, 6) is 0.338. The summed E-state index contributed by atoms with van der Waals surface area (Å²) in [5, 5.41) is 0.512. The van der Waals surface area contributed by atoms with Gasteiger partial charge in [0.1, 0.15) is 0 Å². The molecule has 0 aliphatic heterocycles. The van der Waals surface area contributed by atoms with Crippen LogP contribution in [0.3, 0.4) is 0 Å². The number of nitrogens with two attached hydrogens (primary N) is 1. The molecule has 19 heavy (non-hydrogen) atoms. The highest BCUT2D eigenvalue weighted by molar-refractivity contribution is 7.89. The van der Waals surface area contributed by atoms with Crippen LogP contribution in [-0.4, -0.2) is 20.5 Å². The van der Waals surface area contributed by atoms with E-state index in [9.17, 15) is 8.42 Å². The Kier molecular flexibility index (Phi) is 5.26. The summed E-state index contributed by atoms with van der Waals surface area (Å²) in [5.41, 5.74) is 5.15. The summed E-state index contributed by atoms with van der Waals surface area (Å²) in [7, 11) is -3.54. The van der Waals surface area contributed by atoms with Crippen LogP contribution in [0.1, 0.15) is 19.8 Å². The van der Waals surface area contributed by atoms with Crippen LogP contribution in [0.15, 0.2) is 29.2 Å². The van der Waals surface area contributed by atoms with E-state index in [2.05, 4.69) is 4.72 Å². The molecule has 0 heterocycles. The van der Waals surface area contributed by atoms with E-state index in [0.717, 1.165) is 12.8 Å². The molecule has 2 rings (SSSR count). The average molecular weight is 325 g/mol. The predicted molar refractivity (Wildman–Crippen MR) is 79.2 cm³/mol. The maximum atomic E-state index is 12.2. The lowest BCUT2D eigenvalue weighted by Gasteiger charge is -2.29. The SMILES string of the molecule is CC(CN)(NS(=O)(=O)c1ccc(Cl)cc1)C1CC1.Cl. The van der Waals surface area contributed by atoms with Gasteiger partial charge < -0.3 is 5.73 Å². The van der Waals surface area contributed by atoms with Gasteiger partial charge in [-0.15, -0.1) is 12.4 Å². The second-order valence-electron chi connectivity index (χ2n) is 4.96. The van der Waals surface area contributed by atoms with Gasteiger partial charge in [-0.2, -0.15) is 0 Å². The van der Waals surface area contributed by atoms with Gasteiger partial charge in [-0.05, 0) is 49.9 Å². The van der Waals surface area contributed by atoms with Crippen molar-refractivity contribution in [1.29, 1.82) is 0 Å². The van der Waals surface area contributed by atoms with Crippen LogP contribution >= 0.6 is 24.0 Å². The first-order chi connectivity index (χ1) is 8.37. The normalized spacial score (nSPS) is 18.5. The lowest BCUT2D eigenvalue weighted by Crippen LogP contribution is -2.52. The summed E-state index contributed by atoms with van der Waals surface area (Å²) in [4.78, 5) is 0.215. The molecule has 1 aromatic rings. The molecule has 3 N–H and O–H groups in total. The topological polar surface area (TPSA) is 72.2 Å². The molecule has 0 amide bonds. The molecule has 1 atom stereocenters. The van der Waals surface area contributed by atoms with Crippen LogP contribution < -0.4 is 10.5 Å². The molecule has 1 aliphatic carbocycles. The predicted octanol–water partition coefficient (Wildman–Crippen LogP) is 2.17. The lowest BCUT2D eigenvalue weighted by atomic mass is 9.98. The van der Waals surface area contributed by atoms with Gasteiger partial charge in [0.2, 0.25) is 10.0 Å². The number of hydrogen-bond donors (Lipinski definition) is 2. The third-order valence-electron chi connectivity index (χ3n) is 3.39. The first-order valence-corrected chi connectivity index (χ1v) is 7.73. The van der Waals surface area contributed by atoms with Crippen molar-refractivity contribution in [2.75, 3.05) is 6.54 Å². The van der Waals surface area contributed by atoms with E-state index < -0.39 is 15.6 Å². The zero-order valence-corrected chi connectivity index (χ0v) is 13.0. The molecule has 7 heteroatoms. The van der Waals surface area contributed by atoms with Crippen LogP contribution in [0.5, 0.6) is 0 Å². The van der Waals surface area contributed by atoms with E-state index >= 15 is 0 Å². The van der Waals surface area contributed by atoms with Gasteiger partial charge in [-0.1, -0.05) is 11.6 Å². The van der Waals surface area contributed by atoms with Crippen molar-refractivity contribution in [2.45, 2.75) is 30.2 Å². The van der Waals surface area contributed by atoms with Gasteiger partial charge in [0.25, 0.3) is 0 Å². The Morgan fingerprint density at radius 1 is 1.37 bits per heavy atom. The number of hydrogen-bond acceptors (Lipinski definition) is 3. The monoisotopic (exact) mass is 324 g/mol. The van der Waals surface area contributed by atoms with E-state index in [4.69, 9.17) is 17.3 Å². The van der Waals surface area contributed by atoms with Gasteiger partial charge in [-0.25, -0.2) is 13.1 Å². The fourth-order valence-corrected chi connectivity index (χ4v) is 3.59. The first kappa shape index (κ1) is 16.7. The molecule has 1 fully saturated rings. The highest BCUT2D eigenvalue weighted by Gasteiger charge is 2.43. The van der Waals surface area contributed by atoms with Crippen molar-refractivity contribution in [1.82, 2.24) is 4.72 Å². The summed E-state index contributed by atoms with van der Waals surface area (Å²) in [6.07, 6.45) is 2.05. The second-order valence-corrected chi connectivity index (χ2v) is 7.07. The molecule has 108 valence electrons. The molecule has 0 saturated heterocycles. The summed E-state index contributed by atoms with van der Waals surface area (Å²) in [6, 6.07) is 6.11. The molecule has 0 aromatic heterocycles. The zero-order valence-electron chi connectivity index (χ0n) is 10.6. The average Bonchev–Trinajstić information content (AvgIpc) is 3.13. The van der Waals surface area contributed by atoms with E-state index in [1.807, 2.05) is 6.92 Å². The minimum Gasteiger partial charge on any atom is -0.329 e. The third kappa shape index (κ3) is 3.83. The van der Waals surface area contributed by atoms with Crippen molar-refractivity contribution in [3.63, 3.8) is 0 Å². The second kappa shape index (κ2) is 5.97. The first-order valence-electron chi connectivity index (χ1n) is 5.87. The Morgan fingerprint density at radius 2 is 1.89 bits per heavy atom. The number of nitrogens with one attached hydrogen (secondary N) is 1. The smallest absolute Gasteiger partial charge is 0.241 e. The van der Waals surface area contributed by atoms with Crippen molar-refractivity contribution in [3.05, 3.63) is 29.3 Å². The maximum Gasteiger partial charge on any atom is 0.241 e. The molecular weight excluding hydrogens is 307 g/mol. The molecule has 1 aliphatic rings. The zero-order chi connectivity index (χ0) is 13.4. The molecule has 1 aromatic carbocycles. The fourth-order valence-electron chi connectivity index (χ4n) is 1.99. The maximum absolute atomic E-state index is 12.2. The van der Waals surface area contributed by atoms with Crippen LogP contribution in [0.4, 0.5) is 0 Å². The van der Waals surface area contributed by atoms with Gasteiger partial charge in [0, 0.05) is 17.1 Å². The van der Waals surface area contributed by atoms with Crippen LogP contribution in [0.2, 0.25) is 5.02 Å². The quantitative estimate of drug-likeness (QED) is 0.871. The minimum atomic E-state index is -3.54. The van der Waals surface area contributed by atoms with Crippen LogP contribution in [0.25, 0.3) is 0 Å². The molecule has 0 bridgehead atoms. The Morgan fingerprint density at radius 3 is 2.32 bits per heavy atom. The van der Waals surface area contributed by atoms with Crippen molar-refractivity contribution >= 4 is 34.0 Å². The molecule has 1 unspecified atom stereocenters. The van der Waals surface area contributed by atoms with Gasteiger partial charge in [0.05, 0.1) is 4.90 Å². The fraction of sp³-hybridized carbons (Fsp3) is 0.500. The van der Waals surface area contributed by atoms with E-state index in [1.165, 1.54) is 12.1 Å². The summed E-state index contributed by atoms with van der Waals surface area (Å²) >= 11 is 5.75. The van der Waals surface area contributed by atoms with Gasteiger partial charge in [-0.3, -0.25) is 0 Å². The van der Waals surface area contributed by atoms with E-state index in [1.54, 1.807) is 12.1 Å². The van der Waals surface area contributed by atoms with Crippen LogP contribution in [-0.2, 0) is 10.0 Å². The van der Waals surface area contributed by atoms with Crippen molar-refractivity contribution in [3.8, 4) is 0 Å². The van der Waals surface area contributed by atoms with Gasteiger partial charge >= 0.3 is 0 Å². The minimum absolute atomic E-state index is 0. The number of rotatable bonds is 5. The third-order valence-corrected chi connectivity index (χ3v) is 5.27.